The van der Waals surface area contributed by atoms with Gasteiger partial charge in [-0.15, -0.1) is 0 Å². The highest BCUT2D eigenvalue weighted by Gasteiger charge is 2.19. The molecule has 0 heterocycles. The fraction of sp³-hybridized carbons (Fsp3) is 0.176. The number of carbonyl (C=O) groups is 2. The Morgan fingerprint density at radius 3 is 2.14 bits per heavy atom. The number of nitrogens with one attached hydrogen (secondary N) is 1. The number of ether oxygens (including phenoxy) is 1. The molecule has 11 heteroatoms. The summed E-state index contributed by atoms with van der Waals surface area (Å²) in [4.78, 5) is 34.5. The number of esters is 1. The van der Waals surface area contributed by atoms with E-state index in [0.29, 0.717) is 0 Å². The molecule has 0 aliphatic rings. The van der Waals surface area contributed by atoms with Gasteiger partial charge in [-0.1, -0.05) is 0 Å². The predicted octanol–water partition coefficient (Wildman–Crippen LogP) is 1.88. The van der Waals surface area contributed by atoms with E-state index in [1.165, 1.54) is 44.4 Å². The van der Waals surface area contributed by atoms with E-state index < -0.39 is 32.5 Å². The summed E-state index contributed by atoms with van der Waals surface area (Å²) in [5.74, 6) is -1.53. The zero-order chi connectivity index (χ0) is 21.1. The number of sulfonamides is 1. The largest absolute Gasteiger partial charge is 0.465 e. The van der Waals surface area contributed by atoms with E-state index in [0.717, 1.165) is 23.5 Å². The van der Waals surface area contributed by atoms with Crippen molar-refractivity contribution in [3.8, 4) is 0 Å². The number of amides is 1. The van der Waals surface area contributed by atoms with Crippen LogP contribution < -0.4 is 5.32 Å². The van der Waals surface area contributed by atoms with Crippen molar-refractivity contribution in [3.05, 3.63) is 63.7 Å². The lowest BCUT2D eigenvalue weighted by molar-refractivity contribution is -0.384. The van der Waals surface area contributed by atoms with E-state index in [1.807, 2.05) is 0 Å². The van der Waals surface area contributed by atoms with Gasteiger partial charge < -0.3 is 10.1 Å². The summed E-state index contributed by atoms with van der Waals surface area (Å²) in [6.45, 7) is 0. The molecule has 0 atom stereocenters. The maximum Gasteiger partial charge on any atom is 0.338 e. The minimum atomic E-state index is -3.61. The average Bonchev–Trinajstić information content (AvgIpc) is 2.67. The van der Waals surface area contributed by atoms with E-state index in [4.69, 9.17) is 0 Å². The van der Waals surface area contributed by atoms with E-state index >= 15 is 0 Å². The second-order valence-corrected chi connectivity index (χ2v) is 7.94. The first kappa shape index (κ1) is 21.0. The van der Waals surface area contributed by atoms with Crippen LogP contribution in [0.5, 0.6) is 0 Å². The van der Waals surface area contributed by atoms with Crippen LogP contribution in [0.15, 0.2) is 47.4 Å². The molecule has 28 heavy (non-hydrogen) atoms. The molecule has 1 N–H and O–H groups in total. The van der Waals surface area contributed by atoms with Gasteiger partial charge in [-0.2, -0.15) is 0 Å². The van der Waals surface area contributed by atoms with Crippen LogP contribution >= 0.6 is 0 Å². The maximum atomic E-state index is 12.4. The summed E-state index contributed by atoms with van der Waals surface area (Å²) < 4.78 is 29.7. The summed E-state index contributed by atoms with van der Waals surface area (Å²) in [7, 11) is 0.292. The fourth-order valence-corrected chi connectivity index (χ4v) is 3.11. The summed E-state index contributed by atoms with van der Waals surface area (Å²) in [6, 6.07) is 8.59. The molecule has 0 radical (unpaired) electrons. The molecule has 0 fully saturated rings. The number of nitro groups is 1. The maximum absolute atomic E-state index is 12.4. The molecule has 0 unspecified atom stereocenters. The number of hydrogen-bond donors (Lipinski definition) is 1. The Morgan fingerprint density at radius 1 is 1.07 bits per heavy atom. The molecule has 2 rings (SSSR count). The smallest absolute Gasteiger partial charge is 0.338 e. The number of hydrogen-bond acceptors (Lipinski definition) is 7. The minimum Gasteiger partial charge on any atom is -0.465 e. The van der Waals surface area contributed by atoms with Gasteiger partial charge in [0.1, 0.15) is 0 Å². The van der Waals surface area contributed by atoms with Gasteiger partial charge in [0, 0.05) is 37.5 Å². The molecule has 1 amide bonds. The van der Waals surface area contributed by atoms with Gasteiger partial charge in [0.05, 0.1) is 22.5 Å². The molecular weight excluding hydrogens is 390 g/mol. The molecule has 2 aromatic rings. The van der Waals surface area contributed by atoms with Crippen LogP contribution in [0.4, 0.5) is 11.4 Å². The summed E-state index contributed by atoms with van der Waals surface area (Å²) >= 11 is 0. The zero-order valence-corrected chi connectivity index (χ0v) is 16.0. The van der Waals surface area contributed by atoms with Crippen molar-refractivity contribution in [2.24, 2.45) is 0 Å². The molecule has 0 saturated heterocycles. The predicted molar refractivity (Wildman–Crippen MR) is 99.7 cm³/mol. The number of nitrogens with zero attached hydrogens (tertiary/aromatic N) is 2. The van der Waals surface area contributed by atoms with Gasteiger partial charge in [-0.25, -0.2) is 17.5 Å². The van der Waals surface area contributed by atoms with Crippen LogP contribution in [0, 0.1) is 10.1 Å². The SMILES string of the molecule is COC(=O)c1cc(C(=O)Nc2ccc(S(=O)(=O)N(C)C)cc2)cc([N+](=O)[O-])c1. The van der Waals surface area contributed by atoms with Crippen molar-refractivity contribution in [1.82, 2.24) is 4.31 Å². The van der Waals surface area contributed by atoms with Gasteiger partial charge >= 0.3 is 5.97 Å². The second kappa shape index (κ2) is 8.15. The van der Waals surface area contributed by atoms with Gasteiger partial charge in [0.15, 0.2) is 0 Å². The van der Waals surface area contributed by atoms with Crippen molar-refractivity contribution in [3.63, 3.8) is 0 Å². The number of anilines is 1. The van der Waals surface area contributed by atoms with Crippen molar-refractivity contribution in [2.75, 3.05) is 26.5 Å². The third-order valence-corrected chi connectivity index (χ3v) is 5.53. The normalized spacial score (nSPS) is 11.1. The van der Waals surface area contributed by atoms with E-state index in [2.05, 4.69) is 10.1 Å². The van der Waals surface area contributed by atoms with Crippen LogP contribution in [0.2, 0.25) is 0 Å². The van der Waals surface area contributed by atoms with Crippen LogP contribution in [-0.2, 0) is 14.8 Å². The van der Waals surface area contributed by atoms with Crippen LogP contribution in [0.3, 0.4) is 0 Å². The van der Waals surface area contributed by atoms with Gasteiger partial charge in [0.25, 0.3) is 11.6 Å². The number of rotatable bonds is 6. The molecule has 2 aromatic carbocycles. The third-order valence-electron chi connectivity index (χ3n) is 3.70. The number of methoxy groups -OCH3 is 1. The summed E-state index contributed by atoms with van der Waals surface area (Å²) in [5.41, 5.74) is -0.442. The number of carbonyl (C=O) groups excluding carboxylic acids is 2. The van der Waals surface area contributed by atoms with Crippen molar-refractivity contribution in [2.45, 2.75) is 4.90 Å². The van der Waals surface area contributed by atoms with E-state index in [-0.39, 0.29) is 21.7 Å². The highest BCUT2D eigenvalue weighted by Crippen LogP contribution is 2.21. The molecule has 0 aromatic heterocycles. The number of non-ortho nitro benzene ring substituents is 1. The van der Waals surface area contributed by atoms with E-state index in [1.54, 1.807) is 0 Å². The van der Waals surface area contributed by atoms with Crippen molar-refractivity contribution in [1.29, 1.82) is 0 Å². The monoisotopic (exact) mass is 407 g/mol. The van der Waals surface area contributed by atoms with Crippen LogP contribution in [-0.4, -0.2) is 50.7 Å². The van der Waals surface area contributed by atoms with Crippen molar-refractivity contribution < 1.29 is 27.7 Å². The van der Waals surface area contributed by atoms with Gasteiger partial charge in [0.2, 0.25) is 10.0 Å². The summed E-state index contributed by atoms with van der Waals surface area (Å²) in [5, 5.41) is 13.5. The Bertz CT molecular complexity index is 1030. The molecule has 0 aliphatic carbocycles. The lowest BCUT2D eigenvalue weighted by atomic mass is 10.1. The Balaban J connectivity index is 2.31. The number of nitro benzene ring substituents is 1. The third kappa shape index (κ3) is 4.50. The average molecular weight is 407 g/mol. The Labute approximate surface area is 160 Å². The highest BCUT2D eigenvalue weighted by atomic mass is 32.2. The second-order valence-electron chi connectivity index (χ2n) is 5.78. The Hall–Kier alpha value is -3.31. The Morgan fingerprint density at radius 2 is 1.64 bits per heavy atom. The molecule has 0 spiro atoms. The first-order valence-electron chi connectivity index (χ1n) is 7.78. The van der Waals surface area contributed by atoms with Gasteiger partial charge in [-0.05, 0) is 30.3 Å². The van der Waals surface area contributed by atoms with Crippen LogP contribution in [0.25, 0.3) is 0 Å². The molecule has 0 aliphatic heterocycles. The van der Waals surface area contributed by atoms with E-state index in [9.17, 15) is 28.1 Å². The lowest BCUT2D eigenvalue weighted by Gasteiger charge is -2.12. The molecule has 148 valence electrons. The lowest BCUT2D eigenvalue weighted by Crippen LogP contribution is -2.22. The molecule has 0 bridgehead atoms. The molecule has 10 nitrogen and oxygen atoms in total. The molecular formula is C17H17N3O7S. The van der Waals surface area contributed by atoms with Crippen LogP contribution in [0.1, 0.15) is 20.7 Å². The Kier molecular flexibility index (Phi) is 6.11. The minimum absolute atomic E-state index is 0.0406. The summed E-state index contributed by atoms with van der Waals surface area (Å²) in [6.07, 6.45) is 0. The standard InChI is InChI=1S/C17H17N3O7S/c1-19(2)28(25,26)15-6-4-13(5-7-15)18-16(21)11-8-12(17(22)27-3)10-14(9-11)20(23)24/h4-10H,1-3H3,(H,18,21). The highest BCUT2D eigenvalue weighted by molar-refractivity contribution is 7.89. The zero-order valence-electron chi connectivity index (χ0n) is 15.2. The van der Waals surface area contributed by atoms with Gasteiger partial charge in [-0.3, -0.25) is 14.9 Å². The number of benzene rings is 2. The quantitative estimate of drug-likeness (QED) is 0.439. The topological polar surface area (TPSA) is 136 Å². The first-order chi connectivity index (χ1) is 13.1. The fourth-order valence-electron chi connectivity index (χ4n) is 2.21. The van der Waals surface area contributed by atoms with Crippen molar-refractivity contribution >= 4 is 33.3 Å². The first-order valence-corrected chi connectivity index (χ1v) is 9.22. The molecule has 0 saturated carbocycles.